The zero-order valence-corrected chi connectivity index (χ0v) is 11.1. The number of anilines is 1. The Balaban J connectivity index is 2.34. The summed E-state index contributed by atoms with van der Waals surface area (Å²) in [5.41, 5.74) is 10.3. The fraction of sp³-hybridized carbons (Fsp3) is 0.143. The van der Waals surface area contributed by atoms with E-state index in [0.29, 0.717) is 11.6 Å². The molecule has 1 aromatic carbocycles. The van der Waals surface area contributed by atoms with Crippen molar-refractivity contribution in [3.63, 3.8) is 0 Å². The minimum atomic E-state index is 0.546. The highest BCUT2D eigenvalue weighted by atomic mass is 32.1. The van der Waals surface area contributed by atoms with Gasteiger partial charge in [0, 0.05) is 16.3 Å². The highest BCUT2D eigenvalue weighted by Crippen LogP contribution is 2.28. The van der Waals surface area contributed by atoms with Crippen LogP contribution in [0.5, 0.6) is 0 Å². The number of nitrogens with zero attached hydrogens (tertiary/aromatic N) is 2. The molecule has 2 heterocycles. The Labute approximate surface area is 109 Å². The number of nitrogens with two attached hydrogens (primary N) is 1. The van der Waals surface area contributed by atoms with Gasteiger partial charge in [-0.05, 0) is 36.4 Å². The van der Waals surface area contributed by atoms with Crippen LogP contribution in [-0.2, 0) is 0 Å². The van der Waals surface area contributed by atoms with Crippen molar-refractivity contribution in [3.8, 4) is 11.4 Å². The second kappa shape index (κ2) is 4.07. The number of aryl methyl sites for hydroxylation is 2. The number of thiophene rings is 1. The van der Waals surface area contributed by atoms with E-state index in [1.807, 2.05) is 25.1 Å². The van der Waals surface area contributed by atoms with Gasteiger partial charge in [0.05, 0.1) is 5.52 Å². The van der Waals surface area contributed by atoms with Crippen molar-refractivity contribution in [3.05, 3.63) is 40.1 Å². The highest BCUT2D eigenvalue weighted by molar-refractivity contribution is 7.08. The Morgan fingerprint density at radius 1 is 1.06 bits per heavy atom. The molecule has 2 N–H and O–H groups in total. The molecular weight excluding hydrogens is 242 g/mol. The molecule has 0 bridgehead atoms. The Bertz CT molecular complexity index is 731. The van der Waals surface area contributed by atoms with E-state index in [2.05, 4.69) is 27.7 Å². The van der Waals surface area contributed by atoms with Crippen LogP contribution in [0, 0.1) is 13.8 Å². The quantitative estimate of drug-likeness (QED) is 0.723. The molecule has 3 rings (SSSR count). The minimum absolute atomic E-state index is 0.546. The van der Waals surface area contributed by atoms with E-state index in [0.717, 1.165) is 22.0 Å². The largest absolute Gasteiger partial charge is 0.383 e. The SMILES string of the molecule is Cc1cscc1-c1nc(N)c2cccc(C)c2n1. The van der Waals surface area contributed by atoms with Gasteiger partial charge in [0.1, 0.15) is 5.82 Å². The number of hydrogen-bond donors (Lipinski definition) is 1. The summed E-state index contributed by atoms with van der Waals surface area (Å²) in [6.45, 7) is 4.10. The summed E-state index contributed by atoms with van der Waals surface area (Å²) >= 11 is 1.66. The molecule has 0 atom stereocenters. The van der Waals surface area contributed by atoms with Crippen molar-refractivity contribution in [2.45, 2.75) is 13.8 Å². The molecule has 0 aliphatic heterocycles. The highest BCUT2D eigenvalue weighted by Gasteiger charge is 2.10. The van der Waals surface area contributed by atoms with Gasteiger partial charge in [-0.1, -0.05) is 12.1 Å². The van der Waals surface area contributed by atoms with Crippen molar-refractivity contribution in [1.82, 2.24) is 9.97 Å². The molecule has 0 amide bonds. The van der Waals surface area contributed by atoms with E-state index in [-0.39, 0.29) is 0 Å². The van der Waals surface area contributed by atoms with Crippen molar-refractivity contribution in [2.75, 3.05) is 5.73 Å². The summed E-state index contributed by atoms with van der Waals surface area (Å²) in [7, 11) is 0. The first-order chi connectivity index (χ1) is 8.66. The van der Waals surface area contributed by atoms with Crippen LogP contribution >= 0.6 is 11.3 Å². The fourth-order valence-corrected chi connectivity index (χ4v) is 2.86. The predicted octanol–water partition coefficient (Wildman–Crippen LogP) is 3.56. The van der Waals surface area contributed by atoms with Crippen molar-refractivity contribution < 1.29 is 0 Å². The predicted molar refractivity (Wildman–Crippen MR) is 76.7 cm³/mol. The summed E-state index contributed by atoms with van der Waals surface area (Å²) in [6, 6.07) is 5.98. The molecule has 0 aliphatic carbocycles. The van der Waals surface area contributed by atoms with Crippen LogP contribution in [0.3, 0.4) is 0 Å². The number of benzene rings is 1. The second-order valence-corrected chi connectivity index (χ2v) is 5.12. The number of rotatable bonds is 1. The number of fused-ring (bicyclic) bond motifs is 1. The van der Waals surface area contributed by atoms with E-state index in [1.54, 1.807) is 11.3 Å². The van der Waals surface area contributed by atoms with Crippen LogP contribution in [0.1, 0.15) is 11.1 Å². The third-order valence-electron chi connectivity index (χ3n) is 3.05. The van der Waals surface area contributed by atoms with Gasteiger partial charge in [-0.25, -0.2) is 9.97 Å². The van der Waals surface area contributed by atoms with Crippen LogP contribution in [0.2, 0.25) is 0 Å². The molecule has 3 nitrogen and oxygen atoms in total. The summed E-state index contributed by atoms with van der Waals surface area (Å²) in [5, 5.41) is 5.08. The standard InChI is InChI=1S/C14H13N3S/c1-8-4-3-5-10-12(8)16-14(17-13(10)15)11-7-18-6-9(11)2/h3-7H,1-2H3,(H2,15,16,17). The lowest BCUT2D eigenvalue weighted by Crippen LogP contribution is -1.99. The Morgan fingerprint density at radius 3 is 2.61 bits per heavy atom. The van der Waals surface area contributed by atoms with Crippen molar-refractivity contribution >= 4 is 28.1 Å². The van der Waals surface area contributed by atoms with Crippen LogP contribution in [0.15, 0.2) is 29.0 Å². The zero-order chi connectivity index (χ0) is 12.7. The maximum Gasteiger partial charge on any atom is 0.163 e. The second-order valence-electron chi connectivity index (χ2n) is 4.37. The van der Waals surface area contributed by atoms with E-state index < -0.39 is 0 Å². The maximum atomic E-state index is 6.03. The van der Waals surface area contributed by atoms with Gasteiger partial charge >= 0.3 is 0 Å². The first kappa shape index (κ1) is 11.2. The zero-order valence-electron chi connectivity index (χ0n) is 10.3. The maximum absolute atomic E-state index is 6.03. The lowest BCUT2D eigenvalue weighted by Gasteiger charge is -2.07. The lowest BCUT2D eigenvalue weighted by atomic mass is 10.1. The number of aromatic nitrogens is 2. The molecule has 18 heavy (non-hydrogen) atoms. The molecule has 0 fully saturated rings. The molecular formula is C14H13N3S. The van der Waals surface area contributed by atoms with Crippen LogP contribution in [0.4, 0.5) is 5.82 Å². The van der Waals surface area contributed by atoms with E-state index in [4.69, 9.17) is 5.73 Å². The summed E-state index contributed by atoms with van der Waals surface area (Å²) < 4.78 is 0. The van der Waals surface area contributed by atoms with E-state index >= 15 is 0 Å². The fourth-order valence-electron chi connectivity index (χ4n) is 2.03. The average Bonchev–Trinajstić information content (AvgIpc) is 2.77. The molecule has 0 saturated heterocycles. The Hall–Kier alpha value is -1.94. The summed E-state index contributed by atoms with van der Waals surface area (Å²) in [6.07, 6.45) is 0. The number of para-hydroxylation sites is 1. The Kier molecular flexibility index (Phi) is 2.52. The molecule has 3 aromatic rings. The minimum Gasteiger partial charge on any atom is -0.383 e. The molecule has 0 aliphatic rings. The number of hydrogen-bond acceptors (Lipinski definition) is 4. The smallest absolute Gasteiger partial charge is 0.163 e. The third-order valence-corrected chi connectivity index (χ3v) is 3.92. The topological polar surface area (TPSA) is 51.8 Å². The van der Waals surface area contributed by atoms with E-state index in [9.17, 15) is 0 Å². The monoisotopic (exact) mass is 255 g/mol. The first-order valence-corrected chi connectivity index (χ1v) is 6.67. The van der Waals surface area contributed by atoms with Crippen molar-refractivity contribution in [1.29, 1.82) is 0 Å². The van der Waals surface area contributed by atoms with Gasteiger partial charge in [0.2, 0.25) is 0 Å². The Morgan fingerprint density at radius 2 is 1.89 bits per heavy atom. The normalized spacial score (nSPS) is 11.0. The van der Waals surface area contributed by atoms with Gasteiger partial charge in [0.15, 0.2) is 5.82 Å². The van der Waals surface area contributed by atoms with Gasteiger partial charge in [0.25, 0.3) is 0 Å². The molecule has 0 spiro atoms. The van der Waals surface area contributed by atoms with Gasteiger partial charge < -0.3 is 5.73 Å². The lowest BCUT2D eigenvalue weighted by molar-refractivity contribution is 1.22. The molecule has 0 saturated carbocycles. The van der Waals surface area contributed by atoms with Gasteiger partial charge in [-0.15, -0.1) is 0 Å². The van der Waals surface area contributed by atoms with E-state index in [1.165, 1.54) is 5.56 Å². The number of nitrogen functional groups attached to an aromatic ring is 1. The molecule has 4 heteroatoms. The summed E-state index contributed by atoms with van der Waals surface area (Å²) in [4.78, 5) is 9.07. The van der Waals surface area contributed by atoms with Gasteiger partial charge in [-0.2, -0.15) is 11.3 Å². The van der Waals surface area contributed by atoms with Crippen LogP contribution < -0.4 is 5.73 Å². The molecule has 2 aromatic heterocycles. The molecule has 0 radical (unpaired) electrons. The van der Waals surface area contributed by atoms with Crippen LogP contribution in [-0.4, -0.2) is 9.97 Å². The van der Waals surface area contributed by atoms with Crippen LogP contribution in [0.25, 0.3) is 22.3 Å². The molecule has 90 valence electrons. The summed E-state index contributed by atoms with van der Waals surface area (Å²) in [5.74, 6) is 1.26. The third kappa shape index (κ3) is 1.66. The first-order valence-electron chi connectivity index (χ1n) is 5.73. The van der Waals surface area contributed by atoms with Gasteiger partial charge in [-0.3, -0.25) is 0 Å². The van der Waals surface area contributed by atoms with Crippen molar-refractivity contribution in [2.24, 2.45) is 0 Å². The average molecular weight is 255 g/mol. The molecule has 0 unspecified atom stereocenters.